The Kier molecular flexibility index (Phi) is 7.78. The van der Waals surface area contributed by atoms with E-state index >= 15 is 0 Å². The van der Waals surface area contributed by atoms with E-state index in [2.05, 4.69) is 15.0 Å². The van der Waals surface area contributed by atoms with Crippen LogP contribution in [0.2, 0.25) is 0 Å². The highest BCUT2D eigenvalue weighted by molar-refractivity contribution is 7.97. The van der Waals surface area contributed by atoms with Crippen LogP contribution in [-0.2, 0) is 9.59 Å². The number of carbonyl (C=O) groups is 2. The summed E-state index contributed by atoms with van der Waals surface area (Å²) >= 11 is 2.60. The fourth-order valence-corrected chi connectivity index (χ4v) is 6.28. The van der Waals surface area contributed by atoms with Crippen LogP contribution in [0.5, 0.6) is 0 Å². The second-order valence-corrected chi connectivity index (χ2v) is 11.7. The zero-order valence-corrected chi connectivity index (χ0v) is 22.5. The number of β-amino-alcohol motifs (C(OH)–C–C–N with tert-alkyl or cyclic N) is 1. The summed E-state index contributed by atoms with van der Waals surface area (Å²) in [7, 11) is 0. The van der Waals surface area contributed by atoms with Crippen molar-refractivity contribution in [1.82, 2.24) is 19.9 Å². The van der Waals surface area contributed by atoms with Crippen LogP contribution < -0.4 is 10.0 Å². The first kappa shape index (κ1) is 25.6. The van der Waals surface area contributed by atoms with Crippen LogP contribution in [0.15, 0.2) is 41.5 Å². The standard InChI is InChI=1S/C26H34N4O3S2/c1-14(2)23(21-10-15(3)35-29-21)26(33)30-12-20(31)11-22(30)25(32)28-16(4)18-6-8-19(9-7-18)24-17(5)27-13-34-24/h6-10,13-14,16,20,22-23,29,31,35H,11-12H2,1-5H3,(H,28,32)/t16-,20+,22-,23?/m0/s1. The van der Waals surface area contributed by atoms with Gasteiger partial charge in [0.15, 0.2) is 0 Å². The Hall–Kier alpha value is -2.49. The number of amides is 2. The van der Waals surface area contributed by atoms with Crippen molar-refractivity contribution in [1.29, 1.82) is 0 Å². The molecule has 2 aromatic rings. The number of nitrogens with zero attached hydrogens (tertiary/aromatic N) is 2. The molecule has 1 aromatic carbocycles. The number of aromatic nitrogens is 1. The molecule has 35 heavy (non-hydrogen) atoms. The lowest BCUT2D eigenvalue weighted by Gasteiger charge is -2.31. The van der Waals surface area contributed by atoms with Gasteiger partial charge in [-0.1, -0.05) is 38.1 Å². The van der Waals surface area contributed by atoms with Crippen molar-refractivity contribution < 1.29 is 14.7 Å². The molecule has 0 saturated carbocycles. The van der Waals surface area contributed by atoms with Crippen LogP contribution in [-0.4, -0.2) is 50.4 Å². The molecule has 0 aliphatic carbocycles. The highest BCUT2D eigenvalue weighted by atomic mass is 32.1. The van der Waals surface area contributed by atoms with Gasteiger partial charge in [-0.3, -0.25) is 9.59 Å². The maximum atomic E-state index is 13.6. The molecule has 2 aliphatic rings. The number of nitrogens with one attached hydrogen (secondary N) is 2. The Balaban J connectivity index is 1.46. The summed E-state index contributed by atoms with van der Waals surface area (Å²) in [4.78, 5) is 35.1. The van der Waals surface area contributed by atoms with Gasteiger partial charge in [-0.05, 0) is 48.8 Å². The van der Waals surface area contributed by atoms with Crippen molar-refractivity contribution in [2.24, 2.45) is 11.8 Å². The summed E-state index contributed by atoms with van der Waals surface area (Å²) in [5, 5.41) is 13.4. The van der Waals surface area contributed by atoms with Crippen LogP contribution >= 0.6 is 22.9 Å². The molecule has 1 fully saturated rings. The SMILES string of the molecule is CC1=[SH]NC(C(C(=O)N2C[C@H](O)C[C@H]2C(=O)N[C@@H](C)c2ccc(-c3scnc3C)cc2)C(C)C)=C1. The number of hydrogen-bond acceptors (Lipinski definition) is 6. The first-order valence-electron chi connectivity index (χ1n) is 12.0. The number of hydrogen-bond donors (Lipinski definition) is 4. The number of likely N-dealkylation sites (tertiary alicyclic amines) is 1. The summed E-state index contributed by atoms with van der Waals surface area (Å²) in [6.45, 7) is 10.1. The number of allylic oxidation sites excluding steroid dienone is 1. The lowest BCUT2D eigenvalue weighted by atomic mass is 9.90. The fraction of sp³-hybridized carbons (Fsp3) is 0.462. The predicted molar refractivity (Wildman–Crippen MR) is 144 cm³/mol. The van der Waals surface area contributed by atoms with E-state index in [9.17, 15) is 14.7 Å². The summed E-state index contributed by atoms with van der Waals surface area (Å²) in [5.41, 5.74) is 5.81. The molecule has 2 amide bonds. The van der Waals surface area contributed by atoms with Gasteiger partial charge < -0.3 is 20.0 Å². The molecule has 2 aliphatic heterocycles. The molecule has 3 heterocycles. The molecule has 1 unspecified atom stereocenters. The number of aryl methyl sites for hydroxylation is 1. The third kappa shape index (κ3) is 5.52. The van der Waals surface area contributed by atoms with Gasteiger partial charge in [0.2, 0.25) is 11.8 Å². The number of rotatable bonds is 7. The molecule has 188 valence electrons. The number of aliphatic hydroxyl groups is 1. The Morgan fingerprint density at radius 2 is 1.94 bits per heavy atom. The Morgan fingerprint density at radius 3 is 2.51 bits per heavy atom. The Bertz CT molecular complexity index is 1160. The number of thiazole rings is 1. The molecule has 0 bridgehead atoms. The maximum absolute atomic E-state index is 13.6. The van der Waals surface area contributed by atoms with E-state index in [1.165, 1.54) is 0 Å². The quantitative estimate of drug-likeness (QED) is 0.335. The van der Waals surface area contributed by atoms with Crippen molar-refractivity contribution in [3.05, 3.63) is 52.8 Å². The van der Waals surface area contributed by atoms with E-state index < -0.39 is 12.1 Å². The highest BCUT2D eigenvalue weighted by Crippen LogP contribution is 2.31. The van der Waals surface area contributed by atoms with Crippen molar-refractivity contribution in [3.63, 3.8) is 0 Å². The van der Waals surface area contributed by atoms with Crippen molar-refractivity contribution in [2.75, 3.05) is 6.54 Å². The van der Waals surface area contributed by atoms with E-state index in [1.54, 1.807) is 16.2 Å². The summed E-state index contributed by atoms with van der Waals surface area (Å²) < 4.78 is 3.30. The molecular weight excluding hydrogens is 480 g/mol. The molecule has 4 rings (SSSR count). The fourth-order valence-electron chi connectivity index (χ4n) is 4.76. The first-order chi connectivity index (χ1) is 16.7. The molecule has 0 spiro atoms. The minimum Gasteiger partial charge on any atom is -0.391 e. The molecule has 3 N–H and O–H groups in total. The number of aliphatic hydroxyl groups excluding tert-OH is 1. The number of thiol groups is 1. The molecule has 9 heteroatoms. The van der Waals surface area contributed by atoms with Crippen LogP contribution in [0.3, 0.4) is 0 Å². The van der Waals surface area contributed by atoms with Gasteiger partial charge in [-0.2, -0.15) is 0 Å². The van der Waals surface area contributed by atoms with E-state index in [0.717, 1.165) is 43.8 Å². The number of benzene rings is 1. The molecule has 7 nitrogen and oxygen atoms in total. The second-order valence-electron chi connectivity index (χ2n) is 9.70. The first-order valence-corrected chi connectivity index (χ1v) is 13.7. The molecule has 1 saturated heterocycles. The summed E-state index contributed by atoms with van der Waals surface area (Å²) in [5.74, 6) is -0.664. The normalized spacial score (nSPS) is 21.6. The van der Waals surface area contributed by atoms with Crippen LogP contribution in [0.4, 0.5) is 0 Å². The largest absolute Gasteiger partial charge is 0.391 e. The Labute approximate surface area is 214 Å². The van der Waals surface area contributed by atoms with Gasteiger partial charge >= 0.3 is 0 Å². The third-order valence-electron chi connectivity index (χ3n) is 6.64. The molecule has 0 radical (unpaired) electrons. The van der Waals surface area contributed by atoms with Gasteiger partial charge in [0.1, 0.15) is 6.04 Å². The predicted octanol–water partition coefficient (Wildman–Crippen LogP) is 3.59. The minimum atomic E-state index is -0.711. The average molecular weight is 515 g/mol. The second kappa shape index (κ2) is 10.6. The molecule has 4 atom stereocenters. The zero-order valence-electron chi connectivity index (χ0n) is 20.8. The monoisotopic (exact) mass is 514 g/mol. The third-order valence-corrected chi connectivity index (χ3v) is 8.46. The summed E-state index contributed by atoms with van der Waals surface area (Å²) in [6, 6.07) is 7.19. The van der Waals surface area contributed by atoms with E-state index in [-0.39, 0.29) is 42.7 Å². The van der Waals surface area contributed by atoms with E-state index in [0.29, 0.717) is 0 Å². The lowest BCUT2D eigenvalue weighted by molar-refractivity contribution is -0.142. The van der Waals surface area contributed by atoms with E-state index in [1.807, 2.05) is 70.5 Å². The Morgan fingerprint density at radius 1 is 1.23 bits per heavy atom. The summed E-state index contributed by atoms with van der Waals surface area (Å²) in [6.07, 6.45) is 1.55. The van der Waals surface area contributed by atoms with Gasteiger partial charge in [0, 0.05) is 18.7 Å². The minimum absolute atomic E-state index is 0.0587. The van der Waals surface area contributed by atoms with Gasteiger partial charge in [0.05, 0.1) is 34.1 Å². The smallest absolute Gasteiger partial charge is 0.243 e. The average Bonchev–Trinajstić information content (AvgIpc) is 3.53. The van der Waals surface area contributed by atoms with Gasteiger partial charge in [0.25, 0.3) is 0 Å². The van der Waals surface area contributed by atoms with Crippen molar-refractivity contribution in [3.8, 4) is 10.4 Å². The van der Waals surface area contributed by atoms with Crippen molar-refractivity contribution in [2.45, 2.75) is 59.2 Å². The maximum Gasteiger partial charge on any atom is 0.243 e. The molecule has 1 aromatic heterocycles. The van der Waals surface area contributed by atoms with Crippen LogP contribution in [0.1, 0.15) is 51.4 Å². The van der Waals surface area contributed by atoms with Crippen molar-refractivity contribution >= 4 is 39.6 Å². The van der Waals surface area contributed by atoms with Gasteiger partial charge in [-0.15, -0.1) is 22.9 Å². The molecular formula is C26H34N4O3S2. The van der Waals surface area contributed by atoms with Crippen LogP contribution in [0.25, 0.3) is 10.4 Å². The highest BCUT2D eigenvalue weighted by Gasteiger charge is 2.43. The van der Waals surface area contributed by atoms with Crippen LogP contribution in [0, 0.1) is 18.8 Å². The zero-order chi connectivity index (χ0) is 25.3. The van der Waals surface area contributed by atoms with E-state index in [4.69, 9.17) is 0 Å². The van der Waals surface area contributed by atoms with Gasteiger partial charge in [-0.25, -0.2) is 4.98 Å². The lowest BCUT2D eigenvalue weighted by Crippen LogP contribution is -2.49. The number of carbonyl (C=O) groups excluding carboxylic acids is 2. The topological polar surface area (TPSA) is 94.6 Å².